The molecule has 0 saturated carbocycles. The Labute approximate surface area is 92.8 Å². The molecule has 1 rings (SSSR count). The first-order chi connectivity index (χ1) is 6.77. The van der Waals surface area contributed by atoms with Crippen LogP contribution in [-0.4, -0.2) is 54.0 Å². The first-order valence-electron chi connectivity index (χ1n) is 4.93. The minimum absolute atomic E-state index is 0.151. The van der Waals surface area contributed by atoms with Gasteiger partial charge in [-0.3, -0.25) is 4.79 Å². The highest BCUT2D eigenvalue weighted by Gasteiger charge is 2.27. The van der Waals surface area contributed by atoms with E-state index in [-0.39, 0.29) is 12.5 Å². The maximum absolute atomic E-state index is 11.4. The van der Waals surface area contributed by atoms with E-state index in [4.69, 9.17) is 5.11 Å². The monoisotopic (exact) mass is 264 g/mol. The van der Waals surface area contributed by atoms with Crippen LogP contribution in [0.3, 0.4) is 0 Å². The van der Waals surface area contributed by atoms with Crippen molar-refractivity contribution in [2.24, 2.45) is 5.92 Å². The quantitative estimate of drug-likeness (QED) is 0.517. The van der Waals surface area contributed by atoms with Crippen molar-refractivity contribution >= 4 is 21.8 Å². The fourth-order valence-electron chi connectivity index (χ4n) is 1.59. The van der Waals surface area contributed by atoms with Gasteiger partial charge in [0, 0.05) is 37.9 Å². The van der Waals surface area contributed by atoms with Gasteiger partial charge in [0.2, 0.25) is 5.91 Å². The zero-order valence-electron chi connectivity index (χ0n) is 8.21. The summed E-state index contributed by atoms with van der Waals surface area (Å²) in [5.74, 6) is 0.723. The fraction of sp³-hybridized carbons (Fsp3) is 0.889. The number of amides is 1. The number of halogens is 1. The Hall–Kier alpha value is -0.130. The maximum Gasteiger partial charge on any atom is 0.222 e. The second-order valence-electron chi connectivity index (χ2n) is 3.54. The molecule has 14 heavy (non-hydrogen) atoms. The Morgan fingerprint density at radius 3 is 2.93 bits per heavy atom. The third kappa shape index (κ3) is 3.55. The van der Waals surface area contributed by atoms with Gasteiger partial charge in [0.05, 0.1) is 6.61 Å². The van der Waals surface area contributed by atoms with Crippen molar-refractivity contribution in [3.05, 3.63) is 0 Å². The predicted octanol–water partition coefficient (Wildman–Crippen LogP) is -0.188. The Balaban J connectivity index is 2.15. The summed E-state index contributed by atoms with van der Waals surface area (Å²) in [4.78, 5) is 13.3. The number of aliphatic hydroxyl groups is 1. The van der Waals surface area contributed by atoms with Gasteiger partial charge in [-0.1, -0.05) is 15.9 Å². The van der Waals surface area contributed by atoms with Gasteiger partial charge in [0.25, 0.3) is 0 Å². The van der Waals surface area contributed by atoms with Gasteiger partial charge >= 0.3 is 0 Å². The summed E-state index contributed by atoms with van der Waals surface area (Å²) in [5.41, 5.74) is 0. The van der Waals surface area contributed by atoms with E-state index in [0.717, 1.165) is 25.0 Å². The number of nitrogens with one attached hydrogen (secondary N) is 1. The Kier molecular flexibility index (Phi) is 5.44. The third-order valence-electron chi connectivity index (χ3n) is 2.36. The average molecular weight is 265 g/mol. The molecule has 5 heteroatoms. The van der Waals surface area contributed by atoms with Crippen molar-refractivity contribution < 1.29 is 9.90 Å². The number of carbonyl (C=O) groups excluding carboxylic acids is 1. The first kappa shape index (κ1) is 11.9. The van der Waals surface area contributed by atoms with Crippen molar-refractivity contribution in [2.45, 2.75) is 6.42 Å². The van der Waals surface area contributed by atoms with Crippen molar-refractivity contribution in [3.63, 3.8) is 0 Å². The highest BCUT2D eigenvalue weighted by atomic mass is 79.9. The number of alkyl halides is 1. The van der Waals surface area contributed by atoms with Crippen molar-refractivity contribution in [3.8, 4) is 0 Å². The van der Waals surface area contributed by atoms with Crippen LogP contribution in [-0.2, 0) is 4.79 Å². The van der Waals surface area contributed by atoms with Crippen LogP contribution in [0.15, 0.2) is 0 Å². The van der Waals surface area contributed by atoms with Gasteiger partial charge in [-0.2, -0.15) is 0 Å². The molecule has 1 fully saturated rings. The molecular formula is C9H17BrN2O2. The summed E-state index contributed by atoms with van der Waals surface area (Å²) >= 11 is 3.40. The van der Waals surface area contributed by atoms with Gasteiger partial charge in [-0.25, -0.2) is 0 Å². The molecule has 0 radical (unpaired) electrons. The normalized spacial score (nSPS) is 22.0. The van der Waals surface area contributed by atoms with Crippen LogP contribution in [0, 0.1) is 5.92 Å². The molecule has 0 spiro atoms. The summed E-state index contributed by atoms with van der Waals surface area (Å²) in [6, 6.07) is 0. The second kappa shape index (κ2) is 6.37. The lowest BCUT2D eigenvalue weighted by atomic mass is 10.2. The molecule has 0 bridgehead atoms. The molecule has 1 heterocycles. The number of carbonyl (C=O) groups is 1. The topological polar surface area (TPSA) is 52.6 Å². The minimum atomic E-state index is 0.151. The number of aliphatic hydroxyl groups excluding tert-OH is 1. The van der Waals surface area contributed by atoms with Gasteiger partial charge in [-0.05, 0) is 5.92 Å². The van der Waals surface area contributed by atoms with Gasteiger partial charge in [0.15, 0.2) is 0 Å². The van der Waals surface area contributed by atoms with Crippen molar-refractivity contribution in [1.82, 2.24) is 10.2 Å². The van der Waals surface area contributed by atoms with E-state index >= 15 is 0 Å². The molecule has 0 aromatic rings. The summed E-state index contributed by atoms with van der Waals surface area (Å²) < 4.78 is 0. The Bertz CT molecular complexity index is 190. The summed E-state index contributed by atoms with van der Waals surface area (Å²) in [6.45, 7) is 3.14. The number of rotatable bonds is 6. The van der Waals surface area contributed by atoms with Crippen molar-refractivity contribution in [2.75, 3.05) is 38.1 Å². The smallest absolute Gasteiger partial charge is 0.222 e. The van der Waals surface area contributed by atoms with Crippen LogP contribution in [0.4, 0.5) is 0 Å². The van der Waals surface area contributed by atoms with Crippen LogP contribution < -0.4 is 5.32 Å². The van der Waals surface area contributed by atoms with Crippen LogP contribution in [0.25, 0.3) is 0 Å². The standard InChI is InChI=1S/C9H17BrN2O2/c10-6-8-5-9(14)12(7-8)3-1-11-2-4-13/h8,11,13H,1-7H2. The summed E-state index contributed by atoms with van der Waals surface area (Å²) in [6.07, 6.45) is 0.672. The van der Waals surface area contributed by atoms with Crippen LogP contribution in [0.2, 0.25) is 0 Å². The fourth-order valence-corrected chi connectivity index (χ4v) is 2.03. The molecule has 1 aliphatic heterocycles. The molecular weight excluding hydrogens is 248 g/mol. The highest BCUT2D eigenvalue weighted by Crippen LogP contribution is 2.18. The lowest BCUT2D eigenvalue weighted by Gasteiger charge is -2.16. The number of nitrogens with zero attached hydrogens (tertiary/aromatic N) is 1. The van der Waals surface area contributed by atoms with E-state index < -0.39 is 0 Å². The number of hydrogen-bond acceptors (Lipinski definition) is 3. The minimum Gasteiger partial charge on any atom is -0.395 e. The Morgan fingerprint density at radius 2 is 2.36 bits per heavy atom. The van der Waals surface area contributed by atoms with Crippen molar-refractivity contribution in [1.29, 1.82) is 0 Å². The molecule has 2 N–H and O–H groups in total. The molecule has 1 amide bonds. The van der Waals surface area contributed by atoms with Gasteiger partial charge in [-0.15, -0.1) is 0 Å². The maximum atomic E-state index is 11.4. The predicted molar refractivity (Wildman–Crippen MR) is 58.4 cm³/mol. The van der Waals surface area contributed by atoms with E-state index in [1.54, 1.807) is 0 Å². The van der Waals surface area contributed by atoms with Gasteiger partial charge in [0.1, 0.15) is 0 Å². The molecule has 0 aromatic carbocycles. The highest BCUT2D eigenvalue weighted by molar-refractivity contribution is 9.09. The average Bonchev–Trinajstić information content (AvgIpc) is 2.54. The molecule has 1 saturated heterocycles. The van der Waals surface area contributed by atoms with E-state index in [2.05, 4.69) is 21.2 Å². The largest absolute Gasteiger partial charge is 0.395 e. The molecule has 82 valence electrons. The Morgan fingerprint density at radius 1 is 1.57 bits per heavy atom. The molecule has 1 aliphatic rings. The zero-order valence-corrected chi connectivity index (χ0v) is 9.79. The van der Waals surface area contributed by atoms with Crippen LogP contribution in [0.1, 0.15) is 6.42 Å². The van der Waals surface area contributed by atoms with E-state index in [1.165, 1.54) is 0 Å². The third-order valence-corrected chi connectivity index (χ3v) is 3.28. The first-order valence-corrected chi connectivity index (χ1v) is 6.05. The summed E-state index contributed by atoms with van der Waals surface area (Å²) in [5, 5.41) is 12.5. The van der Waals surface area contributed by atoms with Crippen LogP contribution in [0.5, 0.6) is 0 Å². The molecule has 0 aromatic heterocycles. The zero-order chi connectivity index (χ0) is 10.4. The molecule has 1 atom stereocenters. The molecule has 4 nitrogen and oxygen atoms in total. The lowest BCUT2D eigenvalue weighted by molar-refractivity contribution is -0.127. The molecule has 1 unspecified atom stereocenters. The van der Waals surface area contributed by atoms with E-state index in [0.29, 0.717) is 18.9 Å². The van der Waals surface area contributed by atoms with E-state index in [1.807, 2.05) is 4.90 Å². The summed E-state index contributed by atoms with van der Waals surface area (Å²) in [7, 11) is 0. The lowest BCUT2D eigenvalue weighted by Crippen LogP contribution is -2.34. The number of hydrogen-bond donors (Lipinski definition) is 2. The van der Waals surface area contributed by atoms with Gasteiger partial charge < -0.3 is 15.3 Å². The van der Waals surface area contributed by atoms with E-state index in [9.17, 15) is 4.79 Å². The second-order valence-corrected chi connectivity index (χ2v) is 4.19. The SMILES string of the molecule is O=C1CC(CBr)CN1CCNCCO. The number of likely N-dealkylation sites (tertiary alicyclic amines) is 1. The van der Waals surface area contributed by atoms with Crippen LogP contribution >= 0.6 is 15.9 Å². The molecule has 0 aliphatic carbocycles.